The molecule has 0 aliphatic heterocycles. The summed E-state index contributed by atoms with van der Waals surface area (Å²) in [4.78, 5) is 15.7. The smallest absolute Gasteiger partial charge is 0.287 e. The number of nitrogens with one attached hydrogen (secondary N) is 3. The van der Waals surface area contributed by atoms with Gasteiger partial charge in [-0.3, -0.25) is 9.79 Å². The van der Waals surface area contributed by atoms with Gasteiger partial charge in [-0.05, 0) is 37.0 Å². The minimum atomic E-state index is -0.207. The van der Waals surface area contributed by atoms with Crippen molar-refractivity contribution in [2.75, 3.05) is 38.7 Å². The highest BCUT2D eigenvalue weighted by Crippen LogP contribution is 1.98. The lowest BCUT2D eigenvalue weighted by atomic mass is 10.3. The summed E-state index contributed by atoms with van der Waals surface area (Å²) in [6.07, 6.45) is 5.92. The predicted octanol–water partition coefficient (Wildman–Crippen LogP) is 1.32. The molecule has 1 aromatic heterocycles. The average Bonchev–Trinajstić information content (AvgIpc) is 3.03. The van der Waals surface area contributed by atoms with E-state index in [-0.39, 0.29) is 5.91 Å². The van der Waals surface area contributed by atoms with Gasteiger partial charge in [0.1, 0.15) is 0 Å². The van der Waals surface area contributed by atoms with E-state index < -0.39 is 0 Å². The molecule has 118 valence electrons. The van der Waals surface area contributed by atoms with Gasteiger partial charge in [0.2, 0.25) is 0 Å². The van der Waals surface area contributed by atoms with E-state index in [1.54, 1.807) is 19.2 Å². The van der Waals surface area contributed by atoms with E-state index in [2.05, 4.69) is 27.2 Å². The van der Waals surface area contributed by atoms with E-state index in [0.717, 1.165) is 18.9 Å². The third-order valence-electron chi connectivity index (χ3n) is 2.74. The molecule has 21 heavy (non-hydrogen) atoms. The maximum absolute atomic E-state index is 11.6. The number of guanidine groups is 1. The van der Waals surface area contributed by atoms with Crippen molar-refractivity contribution < 1.29 is 9.21 Å². The molecule has 1 rings (SSSR count). The van der Waals surface area contributed by atoms with E-state index in [0.29, 0.717) is 18.8 Å². The van der Waals surface area contributed by atoms with E-state index in [1.165, 1.54) is 18.4 Å². The number of hydrogen-bond donors (Lipinski definition) is 3. The van der Waals surface area contributed by atoms with E-state index in [9.17, 15) is 4.79 Å². The summed E-state index contributed by atoms with van der Waals surface area (Å²) < 4.78 is 5.01. The number of aliphatic imine (C=N–C) groups is 1. The fraction of sp³-hybridized carbons (Fsp3) is 0.571. The van der Waals surface area contributed by atoms with Crippen LogP contribution in [0.15, 0.2) is 27.8 Å². The molecule has 1 heterocycles. The van der Waals surface area contributed by atoms with Gasteiger partial charge >= 0.3 is 0 Å². The fourth-order valence-electron chi connectivity index (χ4n) is 1.65. The van der Waals surface area contributed by atoms with Crippen molar-refractivity contribution in [3.8, 4) is 0 Å². The molecule has 0 spiro atoms. The zero-order valence-corrected chi connectivity index (χ0v) is 13.5. The van der Waals surface area contributed by atoms with Crippen molar-refractivity contribution in [2.45, 2.75) is 12.8 Å². The van der Waals surface area contributed by atoms with Crippen LogP contribution in [0.1, 0.15) is 23.4 Å². The third kappa shape index (κ3) is 7.65. The Morgan fingerprint density at radius 3 is 2.67 bits per heavy atom. The molecule has 1 aromatic rings. The Balaban J connectivity index is 2.08. The number of unbranched alkanes of at least 4 members (excludes halogenated alkanes) is 1. The number of thioether (sulfide) groups is 1. The predicted molar refractivity (Wildman–Crippen MR) is 88.0 cm³/mol. The highest BCUT2D eigenvalue weighted by atomic mass is 32.2. The summed E-state index contributed by atoms with van der Waals surface area (Å²) in [5, 5.41) is 9.16. The number of carbonyl (C=O) groups is 1. The number of nitrogens with zero attached hydrogens (tertiary/aromatic N) is 1. The number of furan rings is 1. The van der Waals surface area contributed by atoms with Crippen LogP contribution in [0.2, 0.25) is 0 Å². The van der Waals surface area contributed by atoms with Gasteiger partial charge in [-0.15, -0.1) is 0 Å². The van der Waals surface area contributed by atoms with Gasteiger partial charge in [-0.25, -0.2) is 0 Å². The first-order valence-corrected chi connectivity index (χ1v) is 8.42. The second-order valence-corrected chi connectivity index (χ2v) is 5.34. The zero-order chi connectivity index (χ0) is 15.3. The van der Waals surface area contributed by atoms with E-state index in [1.807, 2.05) is 11.8 Å². The molecule has 0 aromatic carbocycles. The van der Waals surface area contributed by atoms with Crippen molar-refractivity contribution in [1.82, 2.24) is 16.0 Å². The Labute approximate surface area is 130 Å². The van der Waals surface area contributed by atoms with Gasteiger partial charge in [0.25, 0.3) is 5.91 Å². The summed E-state index contributed by atoms with van der Waals surface area (Å²) in [7, 11) is 1.73. The Hall–Kier alpha value is -1.63. The van der Waals surface area contributed by atoms with Crippen LogP contribution in [0.4, 0.5) is 0 Å². The largest absolute Gasteiger partial charge is 0.459 e. The Kier molecular flexibility index (Phi) is 9.19. The maximum Gasteiger partial charge on any atom is 0.287 e. The van der Waals surface area contributed by atoms with Gasteiger partial charge in [0, 0.05) is 26.7 Å². The van der Waals surface area contributed by atoms with Crippen LogP contribution < -0.4 is 16.0 Å². The molecular formula is C14H24N4O2S. The van der Waals surface area contributed by atoms with E-state index in [4.69, 9.17) is 4.42 Å². The molecule has 0 bridgehead atoms. The first-order chi connectivity index (χ1) is 10.3. The first kappa shape index (κ1) is 17.4. The van der Waals surface area contributed by atoms with E-state index >= 15 is 0 Å². The molecule has 0 aliphatic carbocycles. The average molecular weight is 312 g/mol. The molecule has 0 radical (unpaired) electrons. The SMILES string of the molecule is CN=C(NCCCCSC)NCCNC(=O)c1ccco1. The zero-order valence-electron chi connectivity index (χ0n) is 12.6. The molecular weight excluding hydrogens is 288 g/mol. The molecule has 0 aliphatic rings. The van der Waals surface area contributed by atoms with Crippen molar-refractivity contribution in [3.63, 3.8) is 0 Å². The van der Waals surface area contributed by atoms with Crippen LogP contribution in [0.3, 0.4) is 0 Å². The third-order valence-corrected chi connectivity index (χ3v) is 3.44. The molecule has 0 unspecified atom stereocenters. The number of carbonyl (C=O) groups excluding carboxylic acids is 1. The van der Waals surface area contributed by atoms with Crippen LogP contribution >= 0.6 is 11.8 Å². The van der Waals surface area contributed by atoms with Gasteiger partial charge in [0.05, 0.1) is 6.26 Å². The highest BCUT2D eigenvalue weighted by molar-refractivity contribution is 7.98. The summed E-state index contributed by atoms with van der Waals surface area (Å²) in [6.45, 7) is 2.02. The van der Waals surface area contributed by atoms with Gasteiger partial charge < -0.3 is 20.4 Å². The normalized spacial score (nSPS) is 11.2. The maximum atomic E-state index is 11.6. The Morgan fingerprint density at radius 2 is 2.00 bits per heavy atom. The van der Waals surface area contributed by atoms with Crippen molar-refractivity contribution >= 4 is 23.6 Å². The summed E-state index contributed by atoms with van der Waals surface area (Å²) >= 11 is 1.86. The first-order valence-electron chi connectivity index (χ1n) is 7.03. The second-order valence-electron chi connectivity index (χ2n) is 4.36. The van der Waals surface area contributed by atoms with Crippen molar-refractivity contribution in [3.05, 3.63) is 24.2 Å². The van der Waals surface area contributed by atoms with Crippen LogP contribution in [0.25, 0.3) is 0 Å². The molecule has 6 nitrogen and oxygen atoms in total. The molecule has 0 fully saturated rings. The lowest BCUT2D eigenvalue weighted by Gasteiger charge is -2.11. The Bertz CT molecular complexity index is 421. The number of rotatable bonds is 9. The number of amides is 1. The Morgan fingerprint density at radius 1 is 1.24 bits per heavy atom. The quantitative estimate of drug-likeness (QED) is 0.364. The minimum absolute atomic E-state index is 0.207. The second kappa shape index (κ2) is 11.1. The van der Waals surface area contributed by atoms with Gasteiger partial charge in [-0.1, -0.05) is 0 Å². The molecule has 0 atom stereocenters. The lowest BCUT2D eigenvalue weighted by molar-refractivity contribution is 0.0926. The standard InChI is InChI=1S/C14H24N4O2S/c1-15-14(17-7-3-4-11-21-2)18-9-8-16-13(19)12-6-5-10-20-12/h5-6,10H,3-4,7-9,11H2,1-2H3,(H,16,19)(H2,15,17,18). The molecule has 3 N–H and O–H groups in total. The summed E-state index contributed by atoms with van der Waals surface area (Å²) in [5.41, 5.74) is 0. The van der Waals surface area contributed by atoms with Crippen LogP contribution in [0, 0.1) is 0 Å². The monoisotopic (exact) mass is 312 g/mol. The minimum Gasteiger partial charge on any atom is -0.459 e. The fourth-order valence-corrected chi connectivity index (χ4v) is 2.14. The number of hydrogen-bond acceptors (Lipinski definition) is 4. The lowest BCUT2D eigenvalue weighted by Crippen LogP contribution is -2.41. The summed E-state index contributed by atoms with van der Waals surface area (Å²) in [5.74, 6) is 2.06. The van der Waals surface area contributed by atoms with Gasteiger partial charge in [-0.2, -0.15) is 11.8 Å². The highest BCUT2D eigenvalue weighted by Gasteiger charge is 2.06. The topological polar surface area (TPSA) is 78.7 Å². The van der Waals surface area contributed by atoms with Crippen molar-refractivity contribution in [2.24, 2.45) is 4.99 Å². The van der Waals surface area contributed by atoms with Gasteiger partial charge in [0.15, 0.2) is 11.7 Å². The molecule has 0 saturated heterocycles. The van der Waals surface area contributed by atoms with Crippen molar-refractivity contribution in [1.29, 1.82) is 0 Å². The summed E-state index contributed by atoms with van der Waals surface area (Å²) in [6, 6.07) is 3.33. The van der Waals surface area contributed by atoms with Crippen LogP contribution in [-0.2, 0) is 0 Å². The molecule has 0 saturated carbocycles. The van der Waals surface area contributed by atoms with Crippen LogP contribution in [0.5, 0.6) is 0 Å². The molecule has 1 amide bonds. The van der Waals surface area contributed by atoms with Crippen LogP contribution in [-0.4, -0.2) is 50.6 Å². The molecule has 7 heteroatoms.